The summed E-state index contributed by atoms with van der Waals surface area (Å²) in [6.45, 7) is 2.00. The van der Waals surface area contributed by atoms with Gasteiger partial charge in [0.15, 0.2) is 10.8 Å². The van der Waals surface area contributed by atoms with E-state index in [1.54, 1.807) is 13.1 Å². The van der Waals surface area contributed by atoms with Crippen LogP contribution in [0, 0.1) is 0 Å². The van der Waals surface area contributed by atoms with Crippen molar-refractivity contribution in [2.75, 3.05) is 18.1 Å². The standard InChI is InChI=1S/C22H21N7O6S2/c1-2-35-26-15(13-10-36-22(23)24-13)18(30)25-16-19(31)29-17(21(32)33)12(11-37(34)20(16)29)9-28-8-7-27-6-4-3-5-14(27)28/h3-8,10,16,20H,2,9,11H2,1H3,(H3-,23,24,25,30,32,33)/p+1/b26-15-/t16-,20+,37+/m1/s1. The number of aromatic nitrogens is 3. The maximum atomic E-state index is 13.2. The number of rotatable bonds is 8. The van der Waals surface area contributed by atoms with Crippen molar-refractivity contribution in [2.24, 2.45) is 5.16 Å². The van der Waals surface area contributed by atoms with Crippen LogP contribution >= 0.6 is 11.3 Å². The normalized spacial score (nSPS) is 21.5. The van der Waals surface area contributed by atoms with Gasteiger partial charge in [-0.2, -0.15) is 0 Å². The molecule has 4 N–H and O–H groups in total. The van der Waals surface area contributed by atoms with Crippen LogP contribution in [0.1, 0.15) is 12.6 Å². The van der Waals surface area contributed by atoms with Gasteiger partial charge in [0.1, 0.15) is 48.4 Å². The highest BCUT2D eigenvalue weighted by atomic mass is 32.2. The highest BCUT2D eigenvalue weighted by molar-refractivity contribution is 7.86. The molecule has 2 aliphatic rings. The summed E-state index contributed by atoms with van der Waals surface area (Å²) in [6.07, 6.45) is 5.45. The first-order valence-electron chi connectivity index (χ1n) is 11.1. The second-order valence-electron chi connectivity index (χ2n) is 8.15. The van der Waals surface area contributed by atoms with E-state index in [9.17, 15) is 23.7 Å². The number of amides is 2. The first-order valence-corrected chi connectivity index (χ1v) is 13.4. The number of carbonyl (C=O) groups excluding carboxylic acids is 2. The summed E-state index contributed by atoms with van der Waals surface area (Å²) < 4.78 is 16.9. The molecule has 15 heteroatoms. The van der Waals surface area contributed by atoms with Gasteiger partial charge in [-0.3, -0.25) is 18.7 Å². The molecule has 0 aliphatic carbocycles. The molecule has 3 atom stereocenters. The van der Waals surface area contributed by atoms with E-state index in [4.69, 9.17) is 10.6 Å². The Labute approximate surface area is 216 Å². The quantitative estimate of drug-likeness (QED) is 0.147. The first-order chi connectivity index (χ1) is 17.8. The number of nitrogens with zero attached hydrogens (tertiary/aromatic N) is 5. The van der Waals surface area contributed by atoms with Crippen LogP contribution in [0.25, 0.3) is 5.65 Å². The fraction of sp³-hybridized carbons (Fsp3) is 0.273. The van der Waals surface area contributed by atoms with E-state index in [0.717, 1.165) is 21.9 Å². The van der Waals surface area contributed by atoms with Crippen molar-refractivity contribution < 1.29 is 33.1 Å². The third kappa shape index (κ3) is 4.35. The Morgan fingerprint density at radius 1 is 1.41 bits per heavy atom. The topological polar surface area (TPSA) is 173 Å². The monoisotopic (exact) mass is 544 g/mol. The number of nitrogen functional groups attached to an aromatic ring is 1. The van der Waals surface area contributed by atoms with Crippen LogP contribution in [0.15, 0.2) is 58.6 Å². The highest BCUT2D eigenvalue weighted by Gasteiger charge is 2.57. The average molecular weight is 545 g/mol. The summed E-state index contributed by atoms with van der Waals surface area (Å²) in [7, 11) is -1.67. The Bertz CT molecular complexity index is 1510. The predicted molar refractivity (Wildman–Crippen MR) is 133 cm³/mol. The van der Waals surface area contributed by atoms with E-state index in [0.29, 0.717) is 5.57 Å². The third-order valence-electron chi connectivity index (χ3n) is 5.89. The fourth-order valence-corrected chi connectivity index (χ4v) is 6.52. The Hall–Kier alpha value is -4.11. The zero-order valence-electron chi connectivity index (χ0n) is 19.4. The van der Waals surface area contributed by atoms with E-state index in [1.807, 2.05) is 39.6 Å². The summed E-state index contributed by atoms with van der Waals surface area (Å²) in [5, 5.41) is 17.0. The minimum Gasteiger partial charge on any atom is -0.477 e. The van der Waals surface area contributed by atoms with Crippen molar-refractivity contribution in [3.8, 4) is 0 Å². The molecule has 192 valence electrons. The van der Waals surface area contributed by atoms with Gasteiger partial charge in [0.2, 0.25) is 0 Å². The molecule has 0 saturated carbocycles. The van der Waals surface area contributed by atoms with Gasteiger partial charge in [-0.05, 0) is 13.0 Å². The highest BCUT2D eigenvalue weighted by Crippen LogP contribution is 2.35. The number of carboxylic acids is 1. The molecule has 13 nitrogen and oxygen atoms in total. The number of carboxylic acid groups (broad SMARTS) is 1. The summed E-state index contributed by atoms with van der Waals surface area (Å²) in [5.74, 6) is -2.84. The molecule has 1 fully saturated rings. The maximum absolute atomic E-state index is 13.2. The van der Waals surface area contributed by atoms with Crippen LogP contribution < -0.4 is 15.6 Å². The third-order valence-corrected chi connectivity index (χ3v) is 8.22. The number of hydrogen-bond acceptors (Lipinski definition) is 9. The number of thiazole rings is 1. The van der Waals surface area contributed by atoms with Gasteiger partial charge < -0.3 is 21.0 Å². The molecule has 0 aromatic carbocycles. The molecule has 2 aliphatic heterocycles. The van der Waals surface area contributed by atoms with Crippen molar-refractivity contribution in [3.63, 3.8) is 0 Å². The molecule has 2 amide bonds. The molecule has 0 bridgehead atoms. The van der Waals surface area contributed by atoms with Crippen LogP contribution in [-0.4, -0.2) is 70.9 Å². The molecule has 5 rings (SSSR count). The number of aliphatic carboxylic acids is 1. The summed E-state index contributed by atoms with van der Waals surface area (Å²) in [5.41, 5.74) is 6.55. The molecular weight excluding hydrogens is 522 g/mol. The number of hydrogen-bond donors (Lipinski definition) is 3. The molecule has 5 heterocycles. The van der Waals surface area contributed by atoms with Gasteiger partial charge in [-0.1, -0.05) is 11.2 Å². The number of β-lactam (4-membered cyclic amide) rings is 1. The van der Waals surface area contributed by atoms with Crippen molar-refractivity contribution in [1.29, 1.82) is 0 Å². The fourth-order valence-electron chi connectivity index (χ4n) is 4.30. The van der Waals surface area contributed by atoms with Gasteiger partial charge >= 0.3 is 5.97 Å². The SMILES string of the molecule is CCO/N=C(\C(=O)N[C@@H]1C(=O)N2C(C(=O)O)=C(C[n+]3ccn4ccccc43)C[S@](=O)[C@@H]12)c1csc(N)n1. The number of anilines is 1. The summed E-state index contributed by atoms with van der Waals surface area (Å²) in [4.78, 5) is 48.4. The number of carbonyl (C=O) groups is 3. The molecule has 37 heavy (non-hydrogen) atoms. The lowest BCUT2D eigenvalue weighted by Gasteiger charge is -2.48. The van der Waals surface area contributed by atoms with Crippen LogP contribution in [0.5, 0.6) is 0 Å². The molecular formula is C22H22N7O6S2+. The number of fused-ring (bicyclic) bond motifs is 2. The Balaban J connectivity index is 1.41. The second kappa shape index (κ2) is 9.74. The number of pyridine rings is 1. The van der Waals surface area contributed by atoms with E-state index >= 15 is 0 Å². The lowest BCUT2D eigenvalue weighted by atomic mass is 10.0. The number of oxime groups is 1. The van der Waals surface area contributed by atoms with E-state index < -0.39 is 40.0 Å². The smallest absolute Gasteiger partial charge is 0.352 e. The number of imidazole rings is 1. The zero-order chi connectivity index (χ0) is 26.3. The van der Waals surface area contributed by atoms with Gasteiger partial charge in [-0.15, -0.1) is 11.3 Å². The van der Waals surface area contributed by atoms with Crippen LogP contribution in [0.3, 0.4) is 0 Å². The lowest BCUT2D eigenvalue weighted by Crippen LogP contribution is -2.74. The molecule has 1 saturated heterocycles. The molecule has 3 aromatic heterocycles. The second-order valence-corrected chi connectivity index (χ2v) is 10.6. The van der Waals surface area contributed by atoms with Crippen LogP contribution in [0.4, 0.5) is 5.13 Å². The van der Waals surface area contributed by atoms with Crippen molar-refractivity contribution in [3.05, 3.63) is 59.1 Å². The average Bonchev–Trinajstić information content (AvgIpc) is 3.48. The Kier molecular flexibility index (Phi) is 6.47. The van der Waals surface area contributed by atoms with E-state index in [1.165, 1.54) is 5.38 Å². The molecule has 0 spiro atoms. The number of nitrogens with one attached hydrogen (secondary N) is 1. The molecule has 0 unspecified atom stereocenters. The van der Waals surface area contributed by atoms with Crippen LogP contribution in [-0.2, 0) is 36.6 Å². The molecule has 0 radical (unpaired) electrons. The van der Waals surface area contributed by atoms with E-state index in [-0.39, 0.29) is 41.1 Å². The Morgan fingerprint density at radius 2 is 2.22 bits per heavy atom. The Morgan fingerprint density at radius 3 is 2.92 bits per heavy atom. The summed E-state index contributed by atoms with van der Waals surface area (Å²) in [6, 6.07) is 4.37. The van der Waals surface area contributed by atoms with Gasteiger partial charge in [0, 0.05) is 17.0 Å². The first kappa shape index (κ1) is 24.6. The summed E-state index contributed by atoms with van der Waals surface area (Å²) >= 11 is 1.10. The van der Waals surface area contributed by atoms with Gasteiger partial charge in [0.25, 0.3) is 17.5 Å². The van der Waals surface area contributed by atoms with Crippen LogP contribution in [0.2, 0.25) is 0 Å². The van der Waals surface area contributed by atoms with Crippen molar-refractivity contribution in [1.82, 2.24) is 19.6 Å². The largest absolute Gasteiger partial charge is 0.477 e. The lowest BCUT2D eigenvalue weighted by molar-refractivity contribution is -0.662. The van der Waals surface area contributed by atoms with Gasteiger partial charge in [-0.25, -0.2) is 18.7 Å². The zero-order valence-corrected chi connectivity index (χ0v) is 21.1. The van der Waals surface area contributed by atoms with Crippen molar-refractivity contribution >= 4 is 56.4 Å². The van der Waals surface area contributed by atoms with Gasteiger partial charge in [0.05, 0.1) is 22.7 Å². The van der Waals surface area contributed by atoms with E-state index in [2.05, 4.69) is 15.5 Å². The maximum Gasteiger partial charge on any atom is 0.352 e. The predicted octanol–water partition coefficient (Wildman–Crippen LogP) is -0.540. The minimum atomic E-state index is -1.67. The number of nitrogens with two attached hydrogens (primary N) is 1. The van der Waals surface area contributed by atoms with Crippen molar-refractivity contribution in [2.45, 2.75) is 24.9 Å². The minimum absolute atomic E-state index is 0.0673. The molecule has 3 aromatic rings.